The van der Waals surface area contributed by atoms with Crippen LogP contribution in [0.3, 0.4) is 0 Å². The third-order valence-corrected chi connectivity index (χ3v) is 3.03. The van der Waals surface area contributed by atoms with E-state index in [2.05, 4.69) is 0 Å². The first-order valence-electron chi connectivity index (χ1n) is 5.55. The number of furan rings is 1. The summed E-state index contributed by atoms with van der Waals surface area (Å²) in [7, 11) is 0. The highest BCUT2D eigenvalue weighted by Gasteiger charge is 2.47. The Morgan fingerprint density at radius 1 is 1.44 bits per heavy atom. The minimum atomic E-state index is -4.43. The number of nitrogens with zero attached hydrogens (tertiary/aromatic N) is 1. The van der Waals surface area contributed by atoms with Crippen LogP contribution in [-0.2, 0) is 0 Å². The number of nitrogens with two attached hydrogens (primary N) is 1. The van der Waals surface area contributed by atoms with E-state index in [1.807, 2.05) is 0 Å². The van der Waals surface area contributed by atoms with Gasteiger partial charge in [-0.25, -0.2) is 0 Å². The molecule has 100 valence electrons. The van der Waals surface area contributed by atoms with Crippen LogP contribution in [0.5, 0.6) is 0 Å². The van der Waals surface area contributed by atoms with Crippen molar-refractivity contribution in [1.29, 1.82) is 0 Å². The lowest BCUT2D eigenvalue weighted by molar-refractivity contribution is -0.184. The number of carbonyl (C=O) groups is 1. The van der Waals surface area contributed by atoms with Gasteiger partial charge in [0.25, 0.3) is 5.91 Å². The summed E-state index contributed by atoms with van der Waals surface area (Å²) in [4.78, 5) is 12.8. The summed E-state index contributed by atoms with van der Waals surface area (Å²) < 4.78 is 43.3. The van der Waals surface area contributed by atoms with Crippen molar-refractivity contribution < 1.29 is 22.4 Å². The van der Waals surface area contributed by atoms with E-state index in [0.717, 1.165) is 11.2 Å². The number of piperidine rings is 1. The summed E-state index contributed by atoms with van der Waals surface area (Å²) in [6, 6.07) is -0.838. The Bertz CT molecular complexity index is 416. The van der Waals surface area contributed by atoms with Gasteiger partial charge in [-0.15, -0.1) is 0 Å². The Kier molecular flexibility index (Phi) is 3.34. The lowest BCUT2D eigenvalue weighted by atomic mass is 9.97. The predicted octanol–water partition coefficient (Wildman–Crippen LogP) is 1.77. The molecule has 1 aliphatic heterocycles. The van der Waals surface area contributed by atoms with Gasteiger partial charge in [-0.1, -0.05) is 0 Å². The van der Waals surface area contributed by atoms with Gasteiger partial charge < -0.3 is 15.1 Å². The van der Waals surface area contributed by atoms with E-state index < -0.39 is 24.2 Å². The van der Waals surface area contributed by atoms with Crippen LogP contribution in [0, 0.1) is 0 Å². The van der Waals surface area contributed by atoms with Crippen LogP contribution < -0.4 is 5.73 Å². The first-order valence-corrected chi connectivity index (χ1v) is 5.55. The molecule has 2 N–H and O–H groups in total. The van der Waals surface area contributed by atoms with Crippen molar-refractivity contribution in [1.82, 2.24) is 4.90 Å². The maximum absolute atomic E-state index is 12.9. The molecule has 1 amide bonds. The van der Waals surface area contributed by atoms with E-state index in [1.54, 1.807) is 0 Å². The Hall–Kier alpha value is -1.50. The standard InChI is InChI=1S/C11H13F3N2O2/c12-11(13,14)9-2-1-8(15)5-16(9)10(17)7-3-4-18-6-7/h3-4,6,8-9H,1-2,5,15H2. The van der Waals surface area contributed by atoms with Gasteiger partial charge in [0.05, 0.1) is 11.8 Å². The highest BCUT2D eigenvalue weighted by atomic mass is 19.4. The Morgan fingerprint density at radius 3 is 2.72 bits per heavy atom. The molecule has 1 aliphatic rings. The molecule has 1 saturated heterocycles. The SMILES string of the molecule is NC1CCC(C(F)(F)F)N(C(=O)c2ccoc2)C1. The molecule has 0 saturated carbocycles. The molecule has 0 bridgehead atoms. The molecule has 2 unspecified atom stereocenters. The van der Waals surface area contributed by atoms with Crippen molar-refractivity contribution in [2.24, 2.45) is 5.73 Å². The van der Waals surface area contributed by atoms with Crippen molar-refractivity contribution in [3.63, 3.8) is 0 Å². The number of amides is 1. The minimum absolute atomic E-state index is 0.0891. The van der Waals surface area contributed by atoms with E-state index in [0.29, 0.717) is 0 Å². The maximum Gasteiger partial charge on any atom is 0.408 e. The third kappa shape index (κ3) is 2.50. The summed E-state index contributed by atoms with van der Waals surface area (Å²) >= 11 is 0. The molecule has 18 heavy (non-hydrogen) atoms. The number of hydrogen-bond acceptors (Lipinski definition) is 3. The summed E-state index contributed by atoms with van der Waals surface area (Å²) in [5.41, 5.74) is 5.75. The predicted molar refractivity (Wildman–Crippen MR) is 56.8 cm³/mol. The largest absolute Gasteiger partial charge is 0.472 e. The van der Waals surface area contributed by atoms with Crippen LogP contribution in [0.4, 0.5) is 13.2 Å². The minimum Gasteiger partial charge on any atom is -0.472 e. The second-order valence-electron chi connectivity index (χ2n) is 4.36. The average Bonchev–Trinajstić information content (AvgIpc) is 2.79. The number of alkyl halides is 3. The molecule has 1 aromatic rings. The first kappa shape index (κ1) is 12.9. The quantitative estimate of drug-likeness (QED) is 0.839. The normalized spacial score (nSPS) is 25.2. The summed E-state index contributed by atoms with van der Waals surface area (Å²) in [5.74, 6) is -0.693. The van der Waals surface area contributed by atoms with Crippen molar-refractivity contribution in [2.45, 2.75) is 31.1 Å². The summed E-state index contributed by atoms with van der Waals surface area (Å²) in [6.45, 7) is -0.0891. The van der Waals surface area contributed by atoms with E-state index in [1.165, 1.54) is 12.3 Å². The Balaban J connectivity index is 2.23. The molecule has 1 fully saturated rings. The van der Waals surface area contributed by atoms with Gasteiger partial charge in [0.15, 0.2) is 0 Å². The average molecular weight is 262 g/mol. The Morgan fingerprint density at radius 2 is 2.17 bits per heavy atom. The molecule has 4 nitrogen and oxygen atoms in total. The number of halogens is 3. The van der Waals surface area contributed by atoms with E-state index in [-0.39, 0.29) is 24.9 Å². The fraction of sp³-hybridized carbons (Fsp3) is 0.545. The zero-order chi connectivity index (χ0) is 13.3. The smallest absolute Gasteiger partial charge is 0.408 e. The number of likely N-dealkylation sites (tertiary alicyclic amines) is 1. The number of hydrogen-bond donors (Lipinski definition) is 1. The van der Waals surface area contributed by atoms with Crippen LogP contribution in [0.2, 0.25) is 0 Å². The van der Waals surface area contributed by atoms with Gasteiger partial charge in [-0.2, -0.15) is 13.2 Å². The zero-order valence-electron chi connectivity index (χ0n) is 9.48. The molecule has 0 radical (unpaired) electrons. The highest BCUT2D eigenvalue weighted by molar-refractivity contribution is 5.94. The van der Waals surface area contributed by atoms with Crippen LogP contribution in [0.1, 0.15) is 23.2 Å². The highest BCUT2D eigenvalue weighted by Crippen LogP contribution is 2.32. The summed E-state index contributed by atoms with van der Waals surface area (Å²) in [6.07, 6.45) is -1.94. The number of carbonyl (C=O) groups excluding carboxylic acids is 1. The lowest BCUT2D eigenvalue weighted by Gasteiger charge is -2.39. The third-order valence-electron chi connectivity index (χ3n) is 3.03. The molecule has 2 atom stereocenters. The van der Waals surface area contributed by atoms with Gasteiger partial charge >= 0.3 is 6.18 Å². The van der Waals surface area contributed by atoms with Crippen LogP contribution >= 0.6 is 0 Å². The maximum atomic E-state index is 12.9. The van der Waals surface area contributed by atoms with Gasteiger partial charge in [0.2, 0.25) is 0 Å². The molecule has 0 aliphatic carbocycles. The molecule has 1 aromatic heterocycles. The topological polar surface area (TPSA) is 59.5 Å². The van der Waals surface area contributed by atoms with Crippen LogP contribution in [0.15, 0.2) is 23.0 Å². The molecule has 0 spiro atoms. The van der Waals surface area contributed by atoms with Gasteiger partial charge in [-0.05, 0) is 18.9 Å². The lowest BCUT2D eigenvalue weighted by Crippen LogP contribution is -2.56. The van der Waals surface area contributed by atoms with E-state index in [9.17, 15) is 18.0 Å². The molecule has 7 heteroatoms. The monoisotopic (exact) mass is 262 g/mol. The molecule has 0 aromatic carbocycles. The van der Waals surface area contributed by atoms with Gasteiger partial charge in [0, 0.05) is 12.6 Å². The van der Waals surface area contributed by atoms with Crippen LogP contribution in [-0.4, -0.2) is 35.6 Å². The molecular weight excluding hydrogens is 249 g/mol. The van der Waals surface area contributed by atoms with Crippen LogP contribution in [0.25, 0.3) is 0 Å². The van der Waals surface area contributed by atoms with Gasteiger partial charge in [0.1, 0.15) is 12.3 Å². The van der Waals surface area contributed by atoms with Crippen molar-refractivity contribution >= 4 is 5.91 Å². The van der Waals surface area contributed by atoms with Crippen molar-refractivity contribution in [3.05, 3.63) is 24.2 Å². The van der Waals surface area contributed by atoms with Gasteiger partial charge in [-0.3, -0.25) is 4.79 Å². The molecular formula is C11H13F3N2O2. The molecule has 2 heterocycles. The first-order chi connectivity index (χ1) is 8.39. The van der Waals surface area contributed by atoms with E-state index >= 15 is 0 Å². The summed E-state index contributed by atoms with van der Waals surface area (Å²) in [5, 5.41) is 0. The Labute approximate surface area is 102 Å². The zero-order valence-corrected chi connectivity index (χ0v) is 9.48. The van der Waals surface area contributed by atoms with Crippen molar-refractivity contribution in [2.75, 3.05) is 6.54 Å². The number of rotatable bonds is 1. The fourth-order valence-electron chi connectivity index (χ4n) is 2.12. The second-order valence-corrected chi connectivity index (χ2v) is 4.36. The molecule has 2 rings (SSSR count). The second kappa shape index (κ2) is 4.64. The fourth-order valence-corrected chi connectivity index (χ4v) is 2.12. The van der Waals surface area contributed by atoms with Crippen molar-refractivity contribution in [3.8, 4) is 0 Å². The van der Waals surface area contributed by atoms with E-state index in [4.69, 9.17) is 10.2 Å².